The first-order valence-electron chi connectivity index (χ1n) is 6.43. The smallest absolute Gasteiger partial charge is 0.340 e. The van der Waals surface area contributed by atoms with Crippen molar-refractivity contribution in [2.24, 2.45) is 0 Å². The van der Waals surface area contributed by atoms with Gasteiger partial charge in [-0.2, -0.15) is 0 Å². The number of nitrogens with two attached hydrogens (primary N) is 1. The topological polar surface area (TPSA) is 79.5 Å². The molecule has 0 atom stereocenters. The van der Waals surface area contributed by atoms with E-state index < -0.39 is 11.8 Å². The van der Waals surface area contributed by atoms with Gasteiger partial charge in [-0.25, -0.2) is 9.18 Å². The van der Waals surface area contributed by atoms with Crippen molar-refractivity contribution in [3.63, 3.8) is 0 Å². The summed E-state index contributed by atoms with van der Waals surface area (Å²) in [5, 5.41) is 9.22. The molecule has 0 aliphatic rings. The average Bonchev–Trinajstić information content (AvgIpc) is 2.48. The number of carbonyl (C=O) groups is 1. The predicted molar refractivity (Wildman–Crippen MR) is 79.0 cm³/mol. The summed E-state index contributed by atoms with van der Waals surface area (Å²) in [6.07, 6.45) is 2.35. The van der Waals surface area contributed by atoms with E-state index >= 15 is 0 Å². The van der Waals surface area contributed by atoms with Crippen molar-refractivity contribution in [3.05, 3.63) is 53.6 Å². The summed E-state index contributed by atoms with van der Waals surface area (Å²) in [5.41, 5.74) is 6.27. The third-order valence-corrected chi connectivity index (χ3v) is 3.22. The lowest BCUT2D eigenvalue weighted by Crippen LogP contribution is -2.24. The number of pyridine rings is 1. The molecule has 2 rings (SSSR count). The van der Waals surface area contributed by atoms with Crippen LogP contribution in [-0.4, -0.2) is 29.7 Å². The van der Waals surface area contributed by atoms with E-state index in [1.807, 2.05) is 18.2 Å². The maximum absolute atomic E-state index is 13.4. The molecule has 1 aromatic carbocycles. The Kier molecular flexibility index (Phi) is 4.37. The fourth-order valence-corrected chi connectivity index (χ4v) is 2.07. The number of aromatic nitrogens is 1. The highest BCUT2D eigenvalue weighted by atomic mass is 19.1. The number of nitrogen functional groups attached to an aromatic ring is 1. The van der Waals surface area contributed by atoms with Crippen molar-refractivity contribution in [2.75, 3.05) is 24.2 Å². The molecule has 110 valence electrons. The van der Waals surface area contributed by atoms with Gasteiger partial charge in [-0.3, -0.25) is 4.98 Å². The second-order valence-electron chi connectivity index (χ2n) is 4.65. The quantitative estimate of drug-likeness (QED) is 0.825. The Morgan fingerprint density at radius 1 is 1.38 bits per heavy atom. The van der Waals surface area contributed by atoms with Crippen LogP contribution >= 0.6 is 0 Å². The fourth-order valence-electron chi connectivity index (χ4n) is 2.07. The van der Waals surface area contributed by atoms with E-state index in [2.05, 4.69) is 4.98 Å². The van der Waals surface area contributed by atoms with Gasteiger partial charge in [-0.05, 0) is 24.3 Å². The number of anilines is 2. The van der Waals surface area contributed by atoms with Crippen LogP contribution in [0, 0.1) is 5.82 Å². The molecule has 0 fully saturated rings. The van der Waals surface area contributed by atoms with Gasteiger partial charge in [0.05, 0.1) is 11.4 Å². The number of hydrogen-bond acceptors (Lipinski definition) is 4. The van der Waals surface area contributed by atoms with Gasteiger partial charge in [0.1, 0.15) is 11.4 Å². The lowest BCUT2D eigenvalue weighted by molar-refractivity contribution is 0.0698. The summed E-state index contributed by atoms with van der Waals surface area (Å²) in [5.74, 6) is -1.97. The van der Waals surface area contributed by atoms with Crippen LogP contribution < -0.4 is 10.6 Å². The maximum Gasteiger partial charge on any atom is 0.340 e. The van der Waals surface area contributed by atoms with Crippen molar-refractivity contribution in [3.8, 4) is 0 Å². The first kappa shape index (κ1) is 14.8. The number of hydrogen-bond donors (Lipinski definition) is 2. The summed E-state index contributed by atoms with van der Waals surface area (Å²) in [6, 6.07) is 8.21. The Morgan fingerprint density at radius 2 is 2.14 bits per heavy atom. The molecule has 2 aromatic rings. The molecule has 0 aliphatic carbocycles. The second-order valence-corrected chi connectivity index (χ2v) is 4.65. The summed E-state index contributed by atoms with van der Waals surface area (Å²) < 4.78 is 13.4. The standard InChI is InChI=1S/C15H16FN3O2/c1-19(9-7-10-4-2-3-8-18-10)12-6-5-11(16)14(17)13(12)15(20)21/h2-6,8H,7,9,17H2,1H3,(H,20,21). The number of halogens is 1. The highest BCUT2D eigenvalue weighted by Crippen LogP contribution is 2.27. The molecule has 0 spiro atoms. The van der Waals surface area contributed by atoms with Crippen LogP contribution in [0.4, 0.5) is 15.8 Å². The van der Waals surface area contributed by atoms with Crippen molar-refractivity contribution in [1.29, 1.82) is 0 Å². The van der Waals surface area contributed by atoms with Crippen molar-refractivity contribution < 1.29 is 14.3 Å². The van der Waals surface area contributed by atoms with Crippen molar-refractivity contribution in [2.45, 2.75) is 6.42 Å². The van der Waals surface area contributed by atoms with Gasteiger partial charge in [-0.1, -0.05) is 6.07 Å². The van der Waals surface area contributed by atoms with Gasteiger partial charge >= 0.3 is 5.97 Å². The number of rotatable bonds is 5. The molecule has 0 radical (unpaired) electrons. The Bertz CT molecular complexity index is 647. The molecule has 0 amide bonds. The van der Waals surface area contributed by atoms with E-state index in [1.165, 1.54) is 12.1 Å². The van der Waals surface area contributed by atoms with Crippen LogP contribution in [0.25, 0.3) is 0 Å². The summed E-state index contributed by atoms with van der Waals surface area (Å²) in [6.45, 7) is 0.544. The van der Waals surface area contributed by atoms with Crippen LogP contribution in [0.15, 0.2) is 36.5 Å². The van der Waals surface area contributed by atoms with E-state index in [1.54, 1.807) is 18.1 Å². The molecule has 5 nitrogen and oxygen atoms in total. The molecule has 0 bridgehead atoms. The zero-order valence-electron chi connectivity index (χ0n) is 11.6. The van der Waals surface area contributed by atoms with Crippen LogP contribution in [0.5, 0.6) is 0 Å². The molecule has 0 aliphatic heterocycles. The number of nitrogens with zero attached hydrogens (tertiary/aromatic N) is 2. The number of benzene rings is 1. The molecular formula is C15H16FN3O2. The van der Waals surface area contributed by atoms with E-state index in [-0.39, 0.29) is 11.3 Å². The molecule has 0 saturated heterocycles. The monoisotopic (exact) mass is 289 g/mol. The predicted octanol–water partition coefficient (Wildman–Crippen LogP) is 2.18. The first-order chi connectivity index (χ1) is 10.0. The largest absolute Gasteiger partial charge is 0.478 e. The second kappa shape index (κ2) is 6.21. The molecular weight excluding hydrogens is 273 g/mol. The lowest BCUT2D eigenvalue weighted by Gasteiger charge is -2.22. The minimum Gasteiger partial charge on any atom is -0.478 e. The fraction of sp³-hybridized carbons (Fsp3) is 0.200. The number of aromatic carboxylic acids is 1. The van der Waals surface area contributed by atoms with Gasteiger partial charge in [-0.15, -0.1) is 0 Å². The normalized spacial score (nSPS) is 10.4. The van der Waals surface area contributed by atoms with Crippen LogP contribution in [0.3, 0.4) is 0 Å². The summed E-state index contributed by atoms with van der Waals surface area (Å²) in [7, 11) is 1.74. The van der Waals surface area contributed by atoms with E-state index in [4.69, 9.17) is 5.73 Å². The van der Waals surface area contributed by atoms with Crippen LogP contribution in [0.2, 0.25) is 0 Å². The number of carboxylic acid groups (broad SMARTS) is 1. The molecule has 0 unspecified atom stereocenters. The third kappa shape index (κ3) is 3.28. The summed E-state index contributed by atoms with van der Waals surface area (Å²) >= 11 is 0. The zero-order chi connectivity index (χ0) is 15.4. The number of likely N-dealkylation sites (N-methyl/N-ethyl adjacent to an activating group) is 1. The minimum absolute atomic E-state index is 0.210. The average molecular weight is 289 g/mol. The van der Waals surface area contributed by atoms with Gasteiger partial charge < -0.3 is 15.7 Å². The highest BCUT2D eigenvalue weighted by Gasteiger charge is 2.19. The Balaban J connectivity index is 2.21. The van der Waals surface area contributed by atoms with Crippen molar-refractivity contribution in [1.82, 2.24) is 4.98 Å². The summed E-state index contributed by atoms with van der Waals surface area (Å²) in [4.78, 5) is 17.2. The van der Waals surface area contributed by atoms with E-state index in [0.29, 0.717) is 18.7 Å². The molecule has 6 heteroatoms. The Morgan fingerprint density at radius 3 is 2.76 bits per heavy atom. The number of carboxylic acids is 1. The molecule has 0 saturated carbocycles. The van der Waals surface area contributed by atoms with Gasteiger partial charge in [0.25, 0.3) is 0 Å². The SMILES string of the molecule is CN(CCc1ccccn1)c1ccc(F)c(N)c1C(=O)O. The lowest BCUT2D eigenvalue weighted by atomic mass is 10.1. The zero-order valence-corrected chi connectivity index (χ0v) is 11.6. The van der Waals surface area contributed by atoms with Gasteiger partial charge in [0, 0.05) is 31.9 Å². The molecule has 1 heterocycles. The van der Waals surface area contributed by atoms with E-state index in [9.17, 15) is 14.3 Å². The Hall–Kier alpha value is -2.63. The highest BCUT2D eigenvalue weighted by molar-refractivity contribution is 6.00. The molecule has 21 heavy (non-hydrogen) atoms. The third-order valence-electron chi connectivity index (χ3n) is 3.22. The molecule has 1 aromatic heterocycles. The van der Waals surface area contributed by atoms with Crippen LogP contribution in [0.1, 0.15) is 16.1 Å². The Labute approximate surface area is 121 Å². The minimum atomic E-state index is -1.24. The first-order valence-corrected chi connectivity index (χ1v) is 6.43. The maximum atomic E-state index is 13.4. The van der Waals surface area contributed by atoms with Crippen LogP contribution in [-0.2, 0) is 6.42 Å². The van der Waals surface area contributed by atoms with Gasteiger partial charge in [0.2, 0.25) is 0 Å². The van der Waals surface area contributed by atoms with E-state index in [0.717, 1.165) is 5.69 Å². The van der Waals surface area contributed by atoms with Gasteiger partial charge in [0.15, 0.2) is 0 Å². The molecule has 3 N–H and O–H groups in total. The van der Waals surface area contributed by atoms with Crippen molar-refractivity contribution >= 4 is 17.3 Å².